The van der Waals surface area contributed by atoms with E-state index in [0.717, 1.165) is 21.5 Å². The molecule has 2 N–H and O–H groups in total. The summed E-state index contributed by atoms with van der Waals surface area (Å²) >= 11 is 0. The zero-order valence-corrected chi connectivity index (χ0v) is 10.1. The maximum absolute atomic E-state index is 9.36. The van der Waals surface area contributed by atoms with Crippen LogP contribution >= 0.6 is 0 Å². The van der Waals surface area contributed by atoms with E-state index < -0.39 is 0 Å². The highest BCUT2D eigenvalue weighted by molar-refractivity contribution is 6.24. The zero-order chi connectivity index (χ0) is 13.0. The fourth-order valence-corrected chi connectivity index (χ4v) is 2.95. The molecule has 0 heterocycles. The molecular formula is C17H10N2. The zero-order valence-electron chi connectivity index (χ0n) is 10.1. The first kappa shape index (κ1) is 10.2. The molecule has 4 aromatic rings. The van der Waals surface area contributed by atoms with Gasteiger partial charge in [-0.2, -0.15) is 5.26 Å². The molecule has 2 heteroatoms. The van der Waals surface area contributed by atoms with Crippen molar-refractivity contribution in [1.82, 2.24) is 0 Å². The lowest BCUT2D eigenvalue weighted by Crippen LogP contribution is -1.90. The highest BCUT2D eigenvalue weighted by Gasteiger charge is 2.11. The molecule has 0 spiro atoms. The highest BCUT2D eigenvalue weighted by atomic mass is 14.5. The SMILES string of the molecule is N#Cc1cc2cccc3ccc4cc(N)cc1c4c32. The van der Waals surface area contributed by atoms with Gasteiger partial charge < -0.3 is 5.73 Å². The lowest BCUT2D eigenvalue weighted by atomic mass is 9.91. The second-order valence-electron chi connectivity index (χ2n) is 4.85. The van der Waals surface area contributed by atoms with E-state index in [0.29, 0.717) is 11.3 Å². The summed E-state index contributed by atoms with van der Waals surface area (Å²) in [5.74, 6) is 0. The van der Waals surface area contributed by atoms with E-state index in [1.165, 1.54) is 10.8 Å². The van der Waals surface area contributed by atoms with Crippen LogP contribution in [0.25, 0.3) is 32.3 Å². The quantitative estimate of drug-likeness (QED) is 0.373. The number of anilines is 1. The number of hydrogen-bond donors (Lipinski definition) is 1. The highest BCUT2D eigenvalue weighted by Crippen LogP contribution is 2.37. The molecule has 0 bridgehead atoms. The third-order valence-corrected chi connectivity index (χ3v) is 3.72. The van der Waals surface area contributed by atoms with Crippen LogP contribution in [0.15, 0.2) is 48.5 Å². The maximum Gasteiger partial charge on any atom is 0.0998 e. The molecule has 0 saturated heterocycles. The lowest BCUT2D eigenvalue weighted by molar-refractivity contribution is 1.51. The summed E-state index contributed by atoms with van der Waals surface area (Å²) in [4.78, 5) is 0. The number of nitrogen functional groups attached to an aromatic ring is 1. The van der Waals surface area contributed by atoms with Gasteiger partial charge in [-0.25, -0.2) is 0 Å². The van der Waals surface area contributed by atoms with Crippen molar-refractivity contribution in [2.45, 2.75) is 0 Å². The van der Waals surface area contributed by atoms with Crippen LogP contribution in [0.1, 0.15) is 5.56 Å². The molecule has 88 valence electrons. The molecule has 19 heavy (non-hydrogen) atoms. The van der Waals surface area contributed by atoms with Gasteiger partial charge in [0, 0.05) is 11.1 Å². The molecule has 0 atom stereocenters. The summed E-state index contributed by atoms with van der Waals surface area (Å²) < 4.78 is 0. The molecule has 0 radical (unpaired) electrons. The van der Waals surface area contributed by atoms with Crippen LogP contribution in [0, 0.1) is 11.3 Å². The summed E-state index contributed by atoms with van der Waals surface area (Å²) in [5, 5.41) is 16.1. The van der Waals surface area contributed by atoms with Crippen molar-refractivity contribution < 1.29 is 0 Å². The van der Waals surface area contributed by atoms with Gasteiger partial charge in [0.25, 0.3) is 0 Å². The van der Waals surface area contributed by atoms with Crippen LogP contribution in [-0.4, -0.2) is 0 Å². The van der Waals surface area contributed by atoms with Crippen molar-refractivity contribution in [1.29, 1.82) is 5.26 Å². The van der Waals surface area contributed by atoms with Crippen molar-refractivity contribution >= 4 is 38.0 Å². The molecule has 0 saturated carbocycles. The Morgan fingerprint density at radius 3 is 2.42 bits per heavy atom. The monoisotopic (exact) mass is 242 g/mol. The molecule has 4 rings (SSSR count). The number of nitriles is 1. The summed E-state index contributed by atoms with van der Waals surface area (Å²) in [6.45, 7) is 0. The molecule has 0 amide bonds. The standard InChI is InChI=1S/C17H10N2/c18-9-13-6-11-3-1-2-10-4-5-12-7-14(19)8-15(13)17(12)16(10)11/h1-8H,19H2. The Balaban J connectivity index is 2.46. The van der Waals surface area contributed by atoms with Gasteiger partial charge in [0.05, 0.1) is 11.6 Å². The fraction of sp³-hybridized carbons (Fsp3) is 0. The van der Waals surface area contributed by atoms with Crippen molar-refractivity contribution in [2.24, 2.45) is 0 Å². The van der Waals surface area contributed by atoms with Crippen LogP contribution in [0.3, 0.4) is 0 Å². The van der Waals surface area contributed by atoms with E-state index in [4.69, 9.17) is 5.73 Å². The van der Waals surface area contributed by atoms with E-state index in [1.807, 2.05) is 24.3 Å². The van der Waals surface area contributed by atoms with Crippen LogP contribution in [-0.2, 0) is 0 Å². The molecular weight excluding hydrogens is 232 g/mol. The van der Waals surface area contributed by atoms with Gasteiger partial charge in [0.15, 0.2) is 0 Å². The molecule has 0 fully saturated rings. The van der Waals surface area contributed by atoms with Gasteiger partial charge in [0.2, 0.25) is 0 Å². The third-order valence-electron chi connectivity index (χ3n) is 3.72. The molecule has 0 aromatic heterocycles. The predicted molar refractivity (Wildman–Crippen MR) is 79.3 cm³/mol. The lowest BCUT2D eigenvalue weighted by Gasteiger charge is -2.12. The van der Waals surface area contributed by atoms with E-state index in [2.05, 4.69) is 30.3 Å². The summed E-state index contributed by atoms with van der Waals surface area (Å²) in [7, 11) is 0. The third kappa shape index (κ3) is 1.24. The topological polar surface area (TPSA) is 49.8 Å². The fourth-order valence-electron chi connectivity index (χ4n) is 2.95. The van der Waals surface area contributed by atoms with E-state index in [9.17, 15) is 5.26 Å². The number of nitrogens with two attached hydrogens (primary N) is 1. The molecule has 0 aliphatic heterocycles. The van der Waals surface area contributed by atoms with Crippen LogP contribution in [0.5, 0.6) is 0 Å². The van der Waals surface area contributed by atoms with Crippen LogP contribution < -0.4 is 5.73 Å². The molecule has 4 aromatic carbocycles. The van der Waals surface area contributed by atoms with Crippen molar-refractivity contribution in [2.75, 3.05) is 5.73 Å². The van der Waals surface area contributed by atoms with Crippen molar-refractivity contribution in [3.8, 4) is 6.07 Å². The Morgan fingerprint density at radius 1 is 0.842 bits per heavy atom. The molecule has 0 aliphatic rings. The summed E-state index contributed by atoms with van der Waals surface area (Å²) in [6.07, 6.45) is 0. The maximum atomic E-state index is 9.36. The Kier molecular flexibility index (Phi) is 1.80. The minimum absolute atomic E-state index is 0.684. The van der Waals surface area contributed by atoms with Crippen LogP contribution in [0.2, 0.25) is 0 Å². The molecule has 0 unspecified atom stereocenters. The van der Waals surface area contributed by atoms with Gasteiger partial charge in [-0.05, 0) is 45.1 Å². The van der Waals surface area contributed by atoms with Gasteiger partial charge in [-0.15, -0.1) is 0 Å². The first-order valence-electron chi connectivity index (χ1n) is 6.15. The smallest absolute Gasteiger partial charge is 0.0998 e. The second kappa shape index (κ2) is 3.37. The normalized spacial score (nSPS) is 11.3. The van der Waals surface area contributed by atoms with Crippen LogP contribution in [0.4, 0.5) is 5.69 Å². The Morgan fingerprint density at radius 2 is 1.58 bits per heavy atom. The average molecular weight is 242 g/mol. The first-order valence-corrected chi connectivity index (χ1v) is 6.15. The molecule has 0 aliphatic carbocycles. The number of benzene rings is 4. The van der Waals surface area contributed by atoms with Gasteiger partial charge in [-0.3, -0.25) is 0 Å². The first-order chi connectivity index (χ1) is 9.28. The van der Waals surface area contributed by atoms with Gasteiger partial charge in [-0.1, -0.05) is 30.3 Å². The number of hydrogen-bond acceptors (Lipinski definition) is 2. The molecule has 2 nitrogen and oxygen atoms in total. The van der Waals surface area contributed by atoms with Gasteiger partial charge in [0.1, 0.15) is 0 Å². The Labute approximate surface area is 110 Å². The Bertz CT molecular complexity index is 977. The second-order valence-corrected chi connectivity index (χ2v) is 4.85. The Hall–Kier alpha value is -2.79. The average Bonchev–Trinajstić information content (AvgIpc) is 2.43. The van der Waals surface area contributed by atoms with E-state index >= 15 is 0 Å². The van der Waals surface area contributed by atoms with Crippen molar-refractivity contribution in [3.63, 3.8) is 0 Å². The largest absolute Gasteiger partial charge is 0.399 e. The van der Waals surface area contributed by atoms with Gasteiger partial charge >= 0.3 is 0 Å². The van der Waals surface area contributed by atoms with Crippen molar-refractivity contribution in [3.05, 3.63) is 54.1 Å². The summed E-state index contributed by atoms with van der Waals surface area (Å²) in [6, 6.07) is 18.4. The van der Waals surface area contributed by atoms with E-state index in [1.54, 1.807) is 0 Å². The number of nitrogens with zero attached hydrogens (tertiary/aromatic N) is 1. The van der Waals surface area contributed by atoms with E-state index in [-0.39, 0.29) is 0 Å². The summed E-state index contributed by atoms with van der Waals surface area (Å²) in [5.41, 5.74) is 7.33. The number of rotatable bonds is 0. The minimum Gasteiger partial charge on any atom is -0.399 e. The predicted octanol–water partition coefficient (Wildman–Crippen LogP) is 4.04. The minimum atomic E-state index is 0.684.